The summed E-state index contributed by atoms with van der Waals surface area (Å²) in [6.45, 7) is 6.11. The fraction of sp³-hybridized carbons (Fsp3) is 0.391. The van der Waals surface area contributed by atoms with Crippen LogP contribution in [0, 0.1) is 0 Å². The van der Waals surface area contributed by atoms with Crippen molar-refractivity contribution in [3.8, 4) is 0 Å². The molecule has 2 N–H and O–H groups in total. The standard InChI is InChI=1S/C19H24ClN.C4H4O4/c1-2-14-21-15-6-7-18(16-8-10-17(20)11-9-16)19(21)12-4-3-5-13-19;5-3(6)1-2-4(7)8/h2,7-11H,1,3-6,12-15H2;1-2H,(H,5,6)(H,7,8). The molecule has 1 spiro atoms. The first-order valence-electron chi connectivity index (χ1n) is 9.85. The van der Waals surface area contributed by atoms with E-state index in [9.17, 15) is 9.59 Å². The lowest BCUT2D eigenvalue weighted by molar-refractivity contribution is -0.134. The second-order valence-electron chi connectivity index (χ2n) is 7.25. The second kappa shape index (κ2) is 11.0. The van der Waals surface area contributed by atoms with Crippen molar-refractivity contribution in [2.75, 3.05) is 13.1 Å². The van der Waals surface area contributed by atoms with E-state index >= 15 is 0 Å². The first-order chi connectivity index (χ1) is 13.9. The molecule has 5 nitrogen and oxygen atoms in total. The molecule has 1 saturated carbocycles. The maximum atomic E-state index is 9.55. The molecule has 0 bridgehead atoms. The van der Waals surface area contributed by atoms with E-state index in [1.165, 1.54) is 43.2 Å². The highest BCUT2D eigenvalue weighted by molar-refractivity contribution is 6.30. The first kappa shape index (κ1) is 22.9. The minimum absolute atomic E-state index is 0.221. The summed E-state index contributed by atoms with van der Waals surface area (Å²) in [5.74, 6) is -2.51. The third-order valence-electron chi connectivity index (χ3n) is 5.41. The maximum Gasteiger partial charge on any atom is 0.328 e. The third kappa shape index (κ3) is 6.31. The van der Waals surface area contributed by atoms with Gasteiger partial charge in [0.15, 0.2) is 0 Å². The quantitative estimate of drug-likeness (QED) is 0.519. The lowest BCUT2D eigenvalue weighted by atomic mass is 9.71. The molecule has 0 aromatic heterocycles. The van der Waals surface area contributed by atoms with Gasteiger partial charge in [-0.25, -0.2) is 9.59 Å². The van der Waals surface area contributed by atoms with Crippen LogP contribution in [0.25, 0.3) is 5.57 Å². The van der Waals surface area contributed by atoms with E-state index < -0.39 is 11.9 Å². The lowest BCUT2D eigenvalue weighted by Gasteiger charge is -2.50. The molecule has 0 radical (unpaired) electrons. The van der Waals surface area contributed by atoms with E-state index in [2.05, 4.69) is 35.8 Å². The SMILES string of the molecule is C=CCN1CCC=C(c2ccc(Cl)cc2)C12CCCCC2.O=C(O)C=CC(=O)O. The van der Waals surface area contributed by atoms with Crippen LogP contribution >= 0.6 is 11.6 Å². The Hall–Kier alpha value is -2.37. The molecular formula is C23H28ClNO4. The van der Waals surface area contributed by atoms with Crippen molar-refractivity contribution in [3.05, 3.63) is 65.7 Å². The molecule has 0 saturated heterocycles. The Bertz CT molecular complexity index is 761. The van der Waals surface area contributed by atoms with Crippen LogP contribution in [0.2, 0.25) is 5.02 Å². The number of rotatable bonds is 5. The van der Waals surface area contributed by atoms with Crippen LogP contribution in [0.15, 0.2) is 55.1 Å². The summed E-state index contributed by atoms with van der Waals surface area (Å²) in [6, 6.07) is 8.39. The van der Waals surface area contributed by atoms with Crippen molar-refractivity contribution in [3.63, 3.8) is 0 Å². The van der Waals surface area contributed by atoms with E-state index in [0.29, 0.717) is 12.2 Å². The Morgan fingerprint density at radius 1 is 1.07 bits per heavy atom. The molecule has 6 heteroatoms. The van der Waals surface area contributed by atoms with Gasteiger partial charge in [0.05, 0.1) is 0 Å². The monoisotopic (exact) mass is 417 g/mol. The molecule has 2 aliphatic rings. The number of benzene rings is 1. The zero-order valence-corrected chi connectivity index (χ0v) is 17.3. The van der Waals surface area contributed by atoms with Crippen molar-refractivity contribution in [2.24, 2.45) is 0 Å². The lowest BCUT2D eigenvalue weighted by Crippen LogP contribution is -2.53. The predicted molar refractivity (Wildman–Crippen MR) is 116 cm³/mol. The van der Waals surface area contributed by atoms with Crippen LogP contribution < -0.4 is 0 Å². The highest BCUT2D eigenvalue weighted by Gasteiger charge is 2.42. The molecule has 1 fully saturated rings. The number of carboxylic acid groups (broad SMARTS) is 2. The van der Waals surface area contributed by atoms with Crippen LogP contribution in [0.4, 0.5) is 0 Å². The van der Waals surface area contributed by atoms with E-state index in [1.54, 1.807) is 0 Å². The molecule has 0 amide bonds. The summed E-state index contributed by atoms with van der Waals surface area (Å²) in [5.41, 5.74) is 3.08. The predicted octanol–water partition coefficient (Wildman–Crippen LogP) is 5.03. The molecule has 1 aromatic rings. The molecule has 1 aromatic carbocycles. The normalized spacial score (nSPS) is 18.6. The zero-order valence-electron chi connectivity index (χ0n) is 16.5. The fourth-order valence-electron chi connectivity index (χ4n) is 4.24. The van der Waals surface area contributed by atoms with Crippen LogP contribution in [-0.2, 0) is 9.59 Å². The number of hydrogen-bond acceptors (Lipinski definition) is 3. The Morgan fingerprint density at radius 3 is 2.17 bits per heavy atom. The number of nitrogens with zero attached hydrogens (tertiary/aromatic N) is 1. The molecule has 3 rings (SSSR count). The van der Waals surface area contributed by atoms with Crippen molar-refractivity contribution in [1.82, 2.24) is 4.90 Å². The van der Waals surface area contributed by atoms with Gasteiger partial charge in [-0.3, -0.25) is 4.90 Å². The summed E-state index contributed by atoms with van der Waals surface area (Å²) in [6.07, 6.45) is 13.4. The second-order valence-corrected chi connectivity index (χ2v) is 7.69. The largest absolute Gasteiger partial charge is 0.478 e. The first-order valence-corrected chi connectivity index (χ1v) is 10.2. The molecule has 1 aliphatic carbocycles. The van der Waals surface area contributed by atoms with Crippen molar-refractivity contribution in [2.45, 2.75) is 44.1 Å². The van der Waals surface area contributed by atoms with Gasteiger partial charge in [-0.1, -0.05) is 55.1 Å². The van der Waals surface area contributed by atoms with Crippen molar-refractivity contribution >= 4 is 29.1 Å². The summed E-state index contributed by atoms with van der Waals surface area (Å²) < 4.78 is 0. The van der Waals surface area contributed by atoms with Crippen molar-refractivity contribution in [1.29, 1.82) is 0 Å². The molecule has 0 atom stereocenters. The van der Waals surface area contributed by atoms with Crippen LogP contribution in [0.1, 0.15) is 44.1 Å². The number of carboxylic acids is 2. The summed E-state index contributed by atoms with van der Waals surface area (Å²) in [7, 11) is 0. The smallest absolute Gasteiger partial charge is 0.328 e. The van der Waals surface area contributed by atoms with E-state index in [1.807, 2.05) is 12.1 Å². The minimum Gasteiger partial charge on any atom is -0.478 e. The maximum absolute atomic E-state index is 9.55. The van der Waals surface area contributed by atoms with Gasteiger partial charge in [0, 0.05) is 35.8 Å². The molecule has 1 aliphatic heterocycles. The van der Waals surface area contributed by atoms with E-state index in [-0.39, 0.29) is 5.54 Å². The minimum atomic E-state index is -1.26. The number of aliphatic carboxylic acids is 2. The van der Waals surface area contributed by atoms with Gasteiger partial charge in [-0.05, 0) is 42.5 Å². The van der Waals surface area contributed by atoms with Crippen LogP contribution in [0.3, 0.4) is 0 Å². The average molecular weight is 418 g/mol. The number of halogens is 1. The van der Waals surface area contributed by atoms with Crippen LogP contribution in [-0.4, -0.2) is 45.7 Å². The highest BCUT2D eigenvalue weighted by Crippen LogP contribution is 2.46. The summed E-state index contributed by atoms with van der Waals surface area (Å²) in [5, 5.41) is 16.4. The van der Waals surface area contributed by atoms with Gasteiger partial charge in [-0.2, -0.15) is 0 Å². The number of hydrogen-bond donors (Lipinski definition) is 2. The van der Waals surface area contributed by atoms with E-state index in [4.69, 9.17) is 21.8 Å². The van der Waals surface area contributed by atoms with Gasteiger partial charge in [0.2, 0.25) is 0 Å². The molecule has 0 unspecified atom stereocenters. The van der Waals surface area contributed by atoms with Gasteiger partial charge >= 0.3 is 11.9 Å². The van der Waals surface area contributed by atoms with Gasteiger partial charge in [0.25, 0.3) is 0 Å². The zero-order chi connectivity index (χ0) is 21.3. The Kier molecular flexibility index (Phi) is 8.68. The molecule has 1 heterocycles. The molecule has 29 heavy (non-hydrogen) atoms. The molecule has 156 valence electrons. The topological polar surface area (TPSA) is 77.8 Å². The highest BCUT2D eigenvalue weighted by atomic mass is 35.5. The average Bonchev–Trinajstić information content (AvgIpc) is 2.70. The van der Waals surface area contributed by atoms with Gasteiger partial charge in [-0.15, -0.1) is 6.58 Å². The fourth-order valence-corrected chi connectivity index (χ4v) is 4.37. The Balaban J connectivity index is 0.000000321. The Morgan fingerprint density at radius 2 is 1.66 bits per heavy atom. The van der Waals surface area contributed by atoms with Gasteiger partial charge < -0.3 is 10.2 Å². The number of carbonyl (C=O) groups is 2. The van der Waals surface area contributed by atoms with E-state index in [0.717, 1.165) is 24.5 Å². The van der Waals surface area contributed by atoms with Gasteiger partial charge in [0.1, 0.15) is 0 Å². The summed E-state index contributed by atoms with van der Waals surface area (Å²) in [4.78, 5) is 21.8. The Labute approximate surface area is 177 Å². The van der Waals surface area contributed by atoms with Crippen molar-refractivity contribution < 1.29 is 19.8 Å². The third-order valence-corrected chi connectivity index (χ3v) is 5.66. The van der Waals surface area contributed by atoms with Crippen LogP contribution in [0.5, 0.6) is 0 Å². The molecular weight excluding hydrogens is 390 g/mol. The summed E-state index contributed by atoms with van der Waals surface area (Å²) >= 11 is 6.06.